The van der Waals surface area contributed by atoms with Crippen molar-refractivity contribution in [3.63, 3.8) is 0 Å². The van der Waals surface area contributed by atoms with Gasteiger partial charge in [-0.25, -0.2) is 0 Å². The highest BCUT2D eigenvalue weighted by molar-refractivity contribution is 5.76. The van der Waals surface area contributed by atoms with E-state index in [1.54, 1.807) is 0 Å². The molecule has 2 rings (SSSR count). The lowest BCUT2D eigenvalue weighted by Gasteiger charge is -2.31. The molecule has 1 aromatic rings. The highest BCUT2D eigenvalue weighted by Crippen LogP contribution is 2.28. The predicted octanol–water partition coefficient (Wildman–Crippen LogP) is 3.35. The van der Waals surface area contributed by atoms with Crippen molar-refractivity contribution in [1.82, 2.24) is 4.90 Å². The second kappa shape index (κ2) is 3.33. The predicted molar refractivity (Wildman–Crippen MR) is 61.5 cm³/mol. The van der Waals surface area contributed by atoms with E-state index in [0.717, 1.165) is 5.70 Å². The first-order chi connectivity index (χ1) is 6.70. The van der Waals surface area contributed by atoms with Crippen molar-refractivity contribution < 1.29 is 0 Å². The van der Waals surface area contributed by atoms with E-state index in [0.29, 0.717) is 6.04 Å². The molecular formula is C13H15N. The van der Waals surface area contributed by atoms with Gasteiger partial charge in [-0.2, -0.15) is 0 Å². The van der Waals surface area contributed by atoms with Crippen molar-refractivity contribution in [2.45, 2.75) is 19.9 Å². The van der Waals surface area contributed by atoms with Gasteiger partial charge < -0.3 is 4.90 Å². The summed E-state index contributed by atoms with van der Waals surface area (Å²) in [6, 6.07) is 8.82. The molecule has 14 heavy (non-hydrogen) atoms. The molecule has 1 aliphatic rings. The average Bonchev–Trinajstić information content (AvgIpc) is 2.18. The third-order valence-electron chi connectivity index (χ3n) is 2.55. The maximum Gasteiger partial charge on any atom is 0.0415 e. The van der Waals surface area contributed by atoms with Crippen LogP contribution in [-0.2, 0) is 0 Å². The molecule has 72 valence electrons. The summed E-state index contributed by atoms with van der Waals surface area (Å²) in [7, 11) is 0. The van der Waals surface area contributed by atoms with Crippen molar-refractivity contribution in [3.05, 3.63) is 48.2 Å². The number of benzene rings is 1. The van der Waals surface area contributed by atoms with Gasteiger partial charge in [-0.3, -0.25) is 0 Å². The van der Waals surface area contributed by atoms with Crippen molar-refractivity contribution in [2.75, 3.05) is 0 Å². The smallest absolute Gasteiger partial charge is 0.0415 e. The molecule has 0 N–H and O–H groups in total. The van der Waals surface area contributed by atoms with E-state index >= 15 is 0 Å². The minimum Gasteiger partial charge on any atom is -0.345 e. The van der Waals surface area contributed by atoms with Crippen LogP contribution in [0.15, 0.2) is 37.0 Å². The van der Waals surface area contributed by atoms with Gasteiger partial charge in [-0.05, 0) is 25.5 Å². The Hall–Kier alpha value is -1.50. The van der Waals surface area contributed by atoms with E-state index in [1.165, 1.54) is 11.1 Å². The van der Waals surface area contributed by atoms with Crippen LogP contribution in [0.3, 0.4) is 0 Å². The maximum atomic E-state index is 4.13. The van der Waals surface area contributed by atoms with Gasteiger partial charge in [0, 0.05) is 23.5 Å². The molecule has 1 heteroatoms. The normalized spacial score (nSPS) is 14.8. The molecule has 0 saturated carbocycles. The molecule has 1 nitrogen and oxygen atoms in total. The van der Waals surface area contributed by atoms with Crippen molar-refractivity contribution in [1.29, 1.82) is 0 Å². The minimum absolute atomic E-state index is 0.465. The summed E-state index contributed by atoms with van der Waals surface area (Å²) in [6.07, 6.45) is 4.25. The Morgan fingerprint density at radius 1 is 1.21 bits per heavy atom. The molecule has 1 aliphatic heterocycles. The van der Waals surface area contributed by atoms with Gasteiger partial charge in [0.2, 0.25) is 0 Å². The molecule has 0 spiro atoms. The summed E-state index contributed by atoms with van der Waals surface area (Å²) < 4.78 is 0. The molecular weight excluding hydrogens is 170 g/mol. The standard InChI is InChI=1S/C13H15N/c1-10(2)14-9-8-12-6-4-5-7-13(12)11(14)3/h4-10H,3H2,1-2H3. The number of nitrogens with zero attached hydrogens (tertiary/aromatic N) is 1. The zero-order chi connectivity index (χ0) is 10.1. The average molecular weight is 185 g/mol. The van der Waals surface area contributed by atoms with Crippen LogP contribution < -0.4 is 0 Å². The molecule has 0 aromatic heterocycles. The quantitative estimate of drug-likeness (QED) is 0.648. The molecule has 1 heterocycles. The lowest BCUT2D eigenvalue weighted by molar-refractivity contribution is 0.438. The minimum atomic E-state index is 0.465. The lowest BCUT2D eigenvalue weighted by atomic mass is 10.0. The molecule has 0 bridgehead atoms. The fourth-order valence-corrected chi connectivity index (χ4v) is 1.78. The third kappa shape index (κ3) is 1.35. The largest absolute Gasteiger partial charge is 0.345 e. The van der Waals surface area contributed by atoms with Crippen LogP contribution in [0.5, 0.6) is 0 Å². The van der Waals surface area contributed by atoms with E-state index in [9.17, 15) is 0 Å². The van der Waals surface area contributed by atoms with Crippen LogP contribution in [0.2, 0.25) is 0 Å². The number of rotatable bonds is 1. The van der Waals surface area contributed by atoms with E-state index in [4.69, 9.17) is 0 Å². The van der Waals surface area contributed by atoms with Crippen molar-refractivity contribution >= 4 is 11.8 Å². The summed E-state index contributed by atoms with van der Waals surface area (Å²) in [6.45, 7) is 8.47. The van der Waals surface area contributed by atoms with Gasteiger partial charge >= 0.3 is 0 Å². The molecule has 0 radical (unpaired) electrons. The summed E-state index contributed by atoms with van der Waals surface area (Å²) in [5.41, 5.74) is 3.59. The summed E-state index contributed by atoms with van der Waals surface area (Å²) >= 11 is 0. The Kier molecular flexibility index (Phi) is 2.16. The van der Waals surface area contributed by atoms with Crippen LogP contribution in [0.25, 0.3) is 11.8 Å². The zero-order valence-corrected chi connectivity index (χ0v) is 8.70. The first kappa shape index (κ1) is 9.07. The first-order valence-electron chi connectivity index (χ1n) is 4.95. The summed E-state index contributed by atoms with van der Waals surface area (Å²) in [4.78, 5) is 2.20. The van der Waals surface area contributed by atoms with Gasteiger partial charge in [0.25, 0.3) is 0 Å². The Morgan fingerprint density at radius 2 is 1.93 bits per heavy atom. The summed E-state index contributed by atoms with van der Waals surface area (Å²) in [5, 5.41) is 0. The van der Waals surface area contributed by atoms with Crippen LogP contribution in [0.4, 0.5) is 0 Å². The zero-order valence-electron chi connectivity index (χ0n) is 8.70. The van der Waals surface area contributed by atoms with Gasteiger partial charge in [-0.1, -0.05) is 30.8 Å². The van der Waals surface area contributed by atoms with Gasteiger partial charge in [-0.15, -0.1) is 0 Å². The number of hydrogen-bond acceptors (Lipinski definition) is 1. The molecule has 0 atom stereocenters. The molecule has 0 unspecified atom stereocenters. The van der Waals surface area contributed by atoms with E-state index < -0.39 is 0 Å². The second-order valence-electron chi connectivity index (χ2n) is 3.85. The maximum absolute atomic E-state index is 4.13. The number of fused-ring (bicyclic) bond motifs is 1. The SMILES string of the molecule is C=C1c2ccccc2C=CN1C(C)C. The molecule has 0 aliphatic carbocycles. The molecule has 0 fully saturated rings. The van der Waals surface area contributed by atoms with Crippen LogP contribution >= 0.6 is 0 Å². The molecule has 1 aromatic carbocycles. The first-order valence-corrected chi connectivity index (χ1v) is 4.95. The monoisotopic (exact) mass is 185 g/mol. The number of hydrogen-bond donors (Lipinski definition) is 0. The highest BCUT2D eigenvalue weighted by atomic mass is 15.1. The Morgan fingerprint density at radius 3 is 2.64 bits per heavy atom. The van der Waals surface area contributed by atoms with Crippen molar-refractivity contribution in [2.24, 2.45) is 0 Å². The Labute approximate surface area is 85.4 Å². The second-order valence-corrected chi connectivity index (χ2v) is 3.85. The lowest BCUT2D eigenvalue weighted by Crippen LogP contribution is -2.25. The van der Waals surface area contributed by atoms with E-state index in [1.807, 2.05) is 0 Å². The summed E-state index contributed by atoms with van der Waals surface area (Å²) in [5.74, 6) is 0. The van der Waals surface area contributed by atoms with Gasteiger partial charge in [0.15, 0.2) is 0 Å². The van der Waals surface area contributed by atoms with Gasteiger partial charge in [0.05, 0.1) is 0 Å². The Balaban J connectivity index is 2.45. The van der Waals surface area contributed by atoms with Crippen LogP contribution in [-0.4, -0.2) is 10.9 Å². The van der Waals surface area contributed by atoms with Crippen LogP contribution in [0, 0.1) is 0 Å². The molecule has 0 saturated heterocycles. The van der Waals surface area contributed by atoms with Gasteiger partial charge in [0.1, 0.15) is 0 Å². The fourth-order valence-electron chi connectivity index (χ4n) is 1.78. The van der Waals surface area contributed by atoms with E-state index in [-0.39, 0.29) is 0 Å². The topological polar surface area (TPSA) is 3.24 Å². The van der Waals surface area contributed by atoms with Crippen molar-refractivity contribution in [3.8, 4) is 0 Å². The Bertz CT molecular complexity index is 388. The van der Waals surface area contributed by atoms with Crippen LogP contribution in [0.1, 0.15) is 25.0 Å². The fraction of sp³-hybridized carbons (Fsp3) is 0.231. The third-order valence-corrected chi connectivity index (χ3v) is 2.55. The highest BCUT2D eigenvalue weighted by Gasteiger charge is 2.16. The van der Waals surface area contributed by atoms with E-state index in [2.05, 4.69) is 61.9 Å². The molecule has 0 amide bonds.